The van der Waals surface area contributed by atoms with E-state index in [0.29, 0.717) is 22.7 Å². The maximum absolute atomic E-state index is 12.5. The maximum atomic E-state index is 12.5. The number of anilines is 2. The highest BCUT2D eigenvalue weighted by Gasteiger charge is 2.21. The number of thiazole rings is 1. The number of nitrogens with zero attached hydrogens (tertiary/aromatic N) is 4. The monoisotopic (exact) mass is 444 g/mol. The first kappa shape index (κ1) is 22.0. The molecule has 1 atom stereocenters. The molecule has 10 heteroatoms. The lowest BCUT2D eigenvalue weighted by molar-refractivity contribution is -0.116. The van der Waals surface area contributed by atoms with Crippen LogP contribution in [0.1, 0.15) is 30.2 Å². The van der Waals surface area contributed by atoms with Gasteiger partial charge in [-0.05, 0) is 39.8 Å². The van der Waals surface area contributed by atoms with Gasteiger partial charge in [0.1, 0.15) is 5.82 Å². The second-order valence-corrected chi connectivity index (χ2v) is 9.16. The molecule has 2 N–H and O–H groups in total. The topological polar surface area (TPSA) is 102 Å². The SMILES string of the molecule is CCn1c(CC(=O)Nc2ccccc2)nnc1SC(C)C(=O)Nc1nc(C)c(C)s1. The van der Waals surface area contributed by atoms with Gasteiger partial charge < -0.3 is 15.2 Å². The predicted octanol–water partition coefficient (Wildman–Crippen LogP) is 3.67. The molecule has 158 valence electrons. The number of hydrogen-bond donors (Lipinski definition) is 2. The highest BCUT2D eigenvalue weighted by molar-refractivity contribution is 8.00. The van der Waals surface area contributed by atoms with Crippen molar-refractivity contribution >= 4 is 45.7 Å². The molecule has 3 rings (SSSR count). The Kier molecular flexibility index (Phi) is 7.22. The van der Waals surface area contributed by atoms with Crippen molar-refractivity contribution in [1.82, 2.24) is 19.7 Å². The van der Waals surface area contributed by atoms with E-state index in [1.807, 2.05) is 62.6 Å². The maximum Gasteiger partial charge on any atom is 0.239 e. The summed E-state index contributed by atoms with van der Waals surface area (Å²) < 4.78 is 1.86. The fourth-order valence-electron chi connectivity index (χ4n) is 2.67. The number of nitrogens with one attached hydrogen (secondary N) is 2. The Balaban J connectivity index is 1.62. The molecule has 2 amide bonds. The lowest BCUT2D eigenvalue weighted by atomic mass is 10.3. The second-order valence-electron chi connectivity index (χ2n) is 6.64. The molecule has 0 spiro atoms. The van der Waals surface area contributed by atoms with E-state index in [4.69, 9.17) is 0 Å². The highest BCUT2D eigenvalue weighted by Crippen LogP contribution is 2.26. The standard InChI is InChI=1S/C20H24N6O2S2/c1-5-26-16(11-17(27)22-15-9-7-6-8-10-15)24-25-20(26)30-14(4)18(28)23-19-21-12(2)13(3)29-19/h6-10,14H,5,11H2,1-4H3,(H,22,27)(H,21,23,28). The molecule has 0 radical (unpaired) electrons. The number of aryl methyl sites for hydroxylation is 2. The second kappa shape index (κ2) is 9.86. The summed E-state index contributed by atoms with van der Waals surface area (Å²) in [6.07, 6.45) is 0.106. The van der Waals surface area contributed by atoms with E-state index in [2.05, 4.69) is 25.8 Å². The first-order valence-corrected chi connectivity index (χ1v) is 11.3. The van der Waals surface area contributed by atoms with E-state index in [1.165, 1.54) is 23.1 Å². The van der Waals surface area contributed by atoms with Crippen molar-refractivity contribution in [3.63, 3.8) is 0 Å². The van der Waals surface area contributed by atoms with Crippen LogP contribution in [0.4, 0.5) is 10.8 Å². The lowest BCUT2D eigenvalue weighted by Gasteiger charge is -2.11. The molecule has 3 aromatic rings. The Morgan fingerprint density at radius 1 is 1.17 bits per heavy atom. The van der Waals surface area contributed by atoms with Crippen LogP contribution in [0.15, 0.2) is 35.5 Å². The Morgan fingerprint density at radius 3 is 2.53 bits per heavy atom. The van der Waals surface area contributed by atoms with Gasteiger partial charge in [0.15, 0.2) is 10.3 Å². The number of carbonyl (C=O) groups excluding carboxylic acids is 2. The zero-order valence-electron chi connectivity index (χ0n) is 17.3. The summed E-state index contributed by atoms with van der Waals surface area (Å²) >= 11 is 2.76. The van der Waals surface area contributed by atoms with Crippen molar-refractivity contribution in [2.24, 2.45) is 0 Å². The average Bonchev–Trinajstić information content (AvgIpc) is 3.23. The van der Waals surface area contributed by atoms with Crippen LogP contribution in [-0.4, -0.2) is 36.8 Å². The Morgan fingerprint density at radius 2 is 1.90 bits per heavy atom. The van der Waals surface area contributed by atoms with Crippen LogP contribution >= 0.6 is 23.1 Å². The molecule has 0 saturated heterocycles. The van der Waals surface area contributed by atoms with Crippen LogP contribution in [0.3, 0.4) is 0 Å². The molecule has 0 aliphatic rings. The molecule has 1 aromatic carbocycles. The molecule has 0 aliphatic carbocycles. The molecule has 0 fully saturated rings. The number of thioether (sulfide) groups is 1. The lowest BCUT2D eigenvalue weighted by Crippen LogP contribution is -2.23. The smallest absolute Gasteiger partial charge is 0.239 e. The van der Waals surface area contributed by atoms with Gasteiger partial charge in [-0.25, -0.2) is 4.98 Å². The Bertz CT molecular complexity index is 1010. The van der Waals surface area contributed by atoms with Crippen LogP contribution in [0, 0.1) is 13.8 Å². The predicted molar refractivity (Wildman–Crippen MR) is 120 cm³/mol. The van der Waals surface area contributed by atoms with Gasteiger partial charge in [-0.15, -0.1) is 21.5 Å². The number of hydrogen-bond acceptors (Lipinski definition) is 7. The molecule has 1 unspecified atom stereocenters. The largest absolute Gasteiger partial charge is 0.326 e. The molecule has 8 nitrogen and oxygen atoms in total. The fourth-order valence-corrected chi connectivity index (χ4v) is 4.42. The summed E-state index contributed by atoms with van der Waals surface area (Å²) in [7, 11) is 0. The minimum Gasteiger partial charge on any atom is -0.326 e. The molecular weight excluding hydrogens is 420 g/mol. The van der Waals surface area contributed by atoms with Gasteiger partial charge in [0.05, 0.1) is 17.4 Å². The zero-order chi connectivity index (χ0) is 21.7. The first-order chi connectivity index (χ1) is 14.4. The number of para-hydroxylation sites is 1. The molecular formula is C20H24N6O2S2. The van der Waals surface area contributed by atoms with Crippen LogP contribution in [-0.2, 0) is 22.6 Å². The van der Waals surface area contributed by atoms with E-state index < -0.39 is 5.25 Å². The number of carbonyl (C=O) groups is 2. The normalized spacial score (nSPS) is 11.9. The van der Waals surface area contributed by atoms with Gasteiger partial charge in [-0.1, -0.05) is 30.0 Å². The van der Waals surface area contributed by atoms with Crippen molar-refractivity contribution < 1.29 is 9.59 Å². The number of aromatic nitrogens is 4. The van der Waals surface area contributed by atoms with Gasteiger partial charge in [0.2, 0.25) is 11.8 Å². The first-order valence-electron chi connectivity index (χ1n) is 9.56. The third kappa shape index (κ3) is 5.45. The summed E-state index contributed by atoms with van der Waals surface area (Å²) in [5, 5.41) is 14.9. The summed E-state index contributed by atoms with van der Waals surface area (Å²) in [5.41, 5.74) is 1.65. The highest BCUT2D eigenvalue weighted by atomic mass is 32.2. The Hall–Kier alpha value is -2.72. The average molecular weight is 445 g/mol. The Labute approximate surface area is 183 Å². The van der Waals surface area contributed by atoms with Crippen molar-refractivity contribution in [2.45, 2.75) is 51.1 Å². The van der Waals surface area contributed by atoms with E-state index in [1.54, 1.807) is 0 Å². The van der Waals surface area contributed by atoms with Gasteiger partial charge in [0.25, 0.3) is 0 Å². The minimum absolute atomic E-state index is 0.106. The van der Waals surface area contributed by atoms with Crippen LogP contribution in [0.25, 0.3) is 0 Å². The van der Waals surface area contributed by atoms with Crippen molar-refractivity contribution in [3.8, 4) is 0 Å². The van der Waals surface area contributed by atoms with Crippen molar-refractivity contribution in [2.75, 3.05) is 10.6 Å². The van der Waals surface area contributed by atoms with Gasteiger partial charge in [-0.2, -0.15) is 0 Å². The zero-order valence-corrected chi connectivity index (χ0v) is 18.9. The van der Waals surface area contributed by atoms with E-state index in [9.17, 15) is 9.59 Å². The minimum atomic E-state index is -0.394. The molecule has 0 bridgehead atoms. The van der Waals surface area contributed by atoms with E-state index in [-0.39, 0.29) is 18.2 Å². The number of amides is 2. The summed E-state index contributed by atoms with van der Waals surface area (Å²) in [4.78, 5) is 30.3. The third-order valence-corrected chi connectivity index (χ3v) is 6.46. The van der Waals surface area contributed by atoms with E-state index in [0.717, 1.165) is 16.3 Å². The quantitative estimate of drug-likeness (QED) is 0.514. The summed E-state index contributed by atoms with van der Waals surface area (Å²) in [6.45, 7) is 8.25. The summed E-state index contributed by atoms with van der Waals surface area (Å²) in [6, 6.07) is 9.27. The molecule has 2 heterocycles. The van der Waals surface area contributed by atoms with Crippen molar-refractivity contribution in [3.05, 3.63) is 46.7 Å². The van der Waals surface area contributed by atoms with Crippen LogP contribution < -0.4 is 10.6 Å². The van der Waals surface area contributed by atoms with Crippen LogP contribution in [0.2, 0.25) is 0 Å². The van der Waals surface area contributed by atoms with Crippen LogP contribution in [0.5, 0.6) is 0 Å². The third-order valence-electron chi connectivity index (χ3n) is 4.40. The van der Waals surface area contributed by atoms with Gasteiger partial charge in [-0.3, -0.25) is 9.59 Å². The molecule has 0 aliphatic heterocycles. The van der Waals surface area contributed by atoms with Gasteiger partial charge in [0, 0.05) is 17.1 Å². The fraction of sp³-hybridized carbons (Fsp3) is 0.350. The van der Waals surface area contributed by atoms with Gasteiger partial charge >= 0.3 is 0 Å². The summed E-state index contributed by atoms with van der Waals surface area (Å²) in [5.74, 6) is 0.245. The molecule has 2 aromatic heterocycles. The molecule has 0 saturated carbocycles. The van der Waals surface area contributed by atoms with E-state index >= 15 is 0 Å². The molecule has 30 heavy (non-hydrogen) atoms. The van der Waals surface area contributed by atoms with Crippen molar-refractivity contribution in [1.29, 1.82) is 0 Å². The number of benzene rings is 1. The number of rotatable bonds is 8.